The van der Waals surface area contributed by atoms with Crippen LogP contribution in [0, 0.1) is 0 Å². The Bertz CT molecular complexity index is 1150. The molecule has 10 heteroatoms. The van der Waals surface area contributed by atoms with Crippen molar-refractivity contribution in [3.8, 4) is 0 Å². The standard InChI is InChI=1S/C23H19F6NO2S/c1-30-33(32,20-5-3-2-4-6-20)15-21(31,16-7-11-18(12-8-16)22(24,25)26)17-9-13-19(14-10-17)23(27,28)29/h2-14,31H,15H2,1H3/t33-/m0/s1. The molecule has 3 rings (SSSR count). The normalized spacial score (nSPS) is 14.5. The minimum Gasteiger partial charge on any atom is -0.379 e. The van der Waals surface area contributed by atoms with Crippen LogP contribution in [0.4, 0.5) is 26.3 Å². The van der Waals surface area contributed by atoms with Gasteiger partial charge < -0.3 is 5.11 Å². The lowest BCUT2D eigenvalue weighted by Gasteiger charge is -2.31. The number of hydrogen-bond donors (Lipinski definition) is 1. The van der Waals surface area contributed by atoms with Gasteiger partial charge in [0.2, 0.25) is 0 Å². The van der Waals surface area contributed by atoms with Crippen molar-refractivity contribution in [3.05, 3.63) is 101 Å². The molecule has 0 unspecified atom stereocenters. The summed E-state index contributed by atoms with van der Waals surface area (Å²) in [4.78, 5) is 0.268. The van der Waals surface area contributed by atoms with Crippen LogP contribution in [0.5, 0.6) is 0 Å². The fourth-order valence-electron chi connectivity index (χ4n) is 3.37. The molecule has 0 aromatic heterocycles. The first-order chi connectivity index (χ1) is 15.3. The Kier molecular flexibility index (Phi) is 6.63. The maximum absolute atomic E-state index is 13.7. The predicted octanol–water partition coefficient (Wildman–Crippen LogP) is 6.12. The Morgan fingerprint density at radius 2 is 1.06 bits per heavy atom. The smallest absolute Gasteiger partial charge is 0.379 e. The number of halogens is 6. The molecule has 33 heavy (non-hydrogen) atoms. The minimum absolute atomic E-state index is 0.0671. The average molecular weight is 487 g/mol. The monoisotopic (exact) mass is 487 g/mol. The van der Waals surface area contributed by atoms with Gasteiger partial charge in [-0.25, -0.2) is 8.57 Å². The minimum atomic E-state index is -4.62. The van der Waals surface area contributed by atoms with Crippen LogP contribution in [0.2, 0.25) is 0 Å². The molecule has 0 aliphatic carbocycles. The third-order valence-corrected chi connectivity index (χ3v) is 7.60. The van der Waals surface area contributed by atoms with E-state index < -0.39 is 44.6 Å². The zero-order valence-electron chi connectivity index (χ0n) is 17.2. The summed E-state index contributed by atoms with van der Waals surface area (Å²) in [5, 5.41) is 11.7. The van der Waals surface area contributed by atoms with Crippen LogP contribution in [0.15, 0.2) is 88.1 Å². The Morgan fingerprint density at radius 3 is 1.39 bits per heavy atom. The van der Waals surface area contributed by atoms with Crippen LogP contribution in [0.1, 0.15) is 22.3 Å². The first-order valence-electron chi connectivity index (χ1n) is 9.55. The predicted molar refractivity (Wildman–Crippen MR) is 112 cm³/mol. The second-order valence-electron chi connectivity index (χ2n) is 7.29. The molecule has 0 radical (unpaired) electrons. The number of nitrogens with zero attached hydrogens (tertiary/aromatic N) is 1. The van der Waals surface area contributed by atoms with E-state index in [4.69, 9.17) is 0 Å². The van der Waals surface area contributed by atoms with E-state index in [1.165, 1.54) is 19.2 Å². The summed E-state index contributed by atoms with van der Waals surface area (Å²) in [5.74, 6) is -0.586. The van der Waals surface area contributed by atoms with Gasteiger partial charge in [0, 0.05) is 11.9 Å². The molecule has 0 fully saturated rings. The lowest BCUT2D eigenvalue weighted by molar-refractivity contribution is -0.138. The number of benzene rings is 3. The van der Waals surface area contributed by atoms with Gasteiger partial charge in [0.25, 0.3) is 0 Å². The highest BCUT2D eigenvalue weighted by Crippen LogP contribution is 2.38. The van der Waals surface area contributed by atoms with Gasteiger partial charge in [0.1, 0.15) is 5.60 Å². The number of hydrogen-bond acceptors (Lipinski definition) is 3. The van der Waals surface area contributed by atoms with Gasteiger partial charge in [-0.15, -0.1) is 0 Å². The van der Waals surface area contributed by atoms with Crippen molar-refractivity contribution in [1.82, 2.24) is 0 Å². The van der Waals surface area contributed by atoms with Crippen LogP contribution < -0.4 is 0 Å². The summed E-state index contributed by atoms with van der Waals surface area (Å²) in [6.07, 6.45) is -9.25. The van der Waals surface area contributed by atoms with Gasteiger partial charge in [0.05, 0.1) is 26.6 Å². The maximum atomic E-state index is 13.7. The zero-order valence-corrected chi connectivity index (χ0v) is 18.0. The fourth-order valence-corrected chi connectivity index (χ4v) is 5.36. The van der Waals surface area contributed by atoms with Gasteiger partial charge in [-0.3, -0.25) is 0 Å². The van der Waals surface area contributed by atoms with Crippen LogP contribution >= 0.6 is 0 Å². The van der Waals surface area contributed by atoms with E-state index in [0.717, 1.165) is 48.5 Å². The Morgan fingerprint density at radius 1 is 0.697 bits per heavy atom. The Labute approximate surface area is 186 Å². The highest BCUT2D eigenvalue weighted by molar-refractivity contribution is 7.93. The summed E-state index contributed by atoms with van der Waals surface area (Å²) in [5.41, 5.74) is -4.26. The van der Waals surface area contributed by atoms with Crippen molar-refractivity contribution in [3.63, 3.8) is 0 Å². The van der Waals surface area contributed by atoms with Crippen molar-refractivity contribution in [1.29, 1.82) is 0 Å². The maximum Gasteiger partial charge on any atom is 0.416 e. The highest BCUT2D eigenvalue weighted by atomic mass is 32.2. The fraction of sp³-hybridized carbons (Fsp3) is 0.217. The lowest BCUT2D eigenvalue weighted by atomic mass is 9.87. The first-order valence-corrected chi connectivity index (χ1v) is 11.2. The molecule has 0 heterocycles. The van der Waals surface area contributed by atoms with Gasteiger partial charge >= 0.3 is 12.4 Å². The summed E-state index contributed by atoms with van der Waals surface area (Å²) in [6.45, 7) is 0. The van der Waals surface area contributed by atoms with Crippen molar-refractivity contribution in [2.75, 3.05) is 12.8 Å². The Hall–Kier alpha value is -2.85. The molecule has 3 aromatic carbocycles. The van der Waals surface area contributed by atoms with Crippen LogP contribution in [-0.4, -0.2) is 22.1 Å². The third-order valence-electron chi connectivity index (χ3n) is 5.19. The van der Waals surface area contributed by atoms with Crippen molar-refractivity contribution < 1.29 is 35.7 Å². The van der Waals surface area contributed by atoms with E-state index in [-0.39, 0.29) is 16.0 Å². The second kappa shape index (κ2) is 8.83. The van der Waals surface area contributed by atoms with Crippen LogP contribution in [-0.2, 0) is 27.7 Å². The van der Waals surface area contributed by atoms with Crippen molar-refractivity contribution in [2.24, 2.45) is 4.36 Å². The first kappa shape index (κ1) is 24.8. The van der Waals surface area contributed by atoms with Crippen LogP contribution in [0.3, 0.4) is 0 Å². The molecule has 176 valence electrons. The van der Waals surface area contributed by atoms with E-state index in [1.54, 1.807) is 18.2 Å². The number of rotatable bonds is 5. The topological polar surface area (TPSA) is 49.7 Å². The molecular formula is C23H19F6NO2S. The number of aliphatic hydroxyl groups is 1. The molecule has 0 saturated heterocycles. The molecule has 0 aliphatic rings. The van der Waals surface area contributed by atoms with E-state index in [9.17, 15) is 35.7 Å². The van der Waals surface area contributed by atoms with Crippen molar-refractivity contribution in [2.45, 2.75) is 22.8 Å². The van der Waals surface area contributed by atoms with E-state index in [2.05, 4.69) is 4.36 Å². The Balaban J connectivity index is 2.17. The van der Waals surface area contributed by atoms with Gasteiger partial charge in [-0.05, 0) is 47.5 Å². The molecular weight excluding hydrogens is 468 g/mol. The van der Waals surface area contributed by atoms with Crippen molar-refractivity contribution >= 4 is 9.73 Å². The van der Waals surface area contributed by atoms with Gasteiger partial charge in [-0.2, -0.15) is 26.3 Å². The molecule has 1 N–H and O–H groups in total. The molecule has 0 spiro atoms. The average Bonchev–Trinajstić information content (AvgIpc) is 2.78. The summed E-state index contributed by atoms with van der Waals surface area (Å²) in [6, 6.07) is 15.0. The van der Waals surface area contributed by atoms with E-state index in [0.29, 0.717) is 0 Å². The lowest BCUT2D eigenvalue weighted by Crippen LogP contribution is -2.36. The van der Waals surface area contributed by atoms with Gasteiger partial charge in [0.15, 0.2) is 0 Å². The molecule has 0 saturated carbocycles. The largest absolute Gasteiger partial charge is 0.416 e. The quantitative estimate of drug-likeness (QED) is 0.441. The van der Waals surface area contributed by atoms with Gasteiger partial charge in [-0.1, -0.05) is 42.5 Å². The molecule has 0 bridgehead atoms. The van der Waals surface area contributed by atoms with Crippen LogP contribution in [0.25, 0.3) is 0 Å². The molecule has 0 aliphatic heterocycles. The number of alkyl halides is 6. The third kappa shape index (κ3) is 5.22. The summed E-state index contributed by atoms with van der Waals surface area (Å²) >= 11 is 0. The molecule has 3 aromatic rings. The molecule has 0 amide bonds. The summed E-state index contributed by atoms with van der Waals surface area (Å²) in [7, 11) is -2.03. The second-order valence-corrected chi connectivity index (χ2v) is 9.70. The summed E-state index contributed by atoms with van der Waals surface area (Å²) < 4.78 is 95.7. The highest BCUT2D eigenvalue weighted by Gasteiger charge is 2.39. The van der Waals surface area contributed by atoms with E-state index in [1.807, 2.05) is 0 Å². The molecule has 1 atom stereocenters. The van der Waals surface area contributed by atoms with E-state index >= 15 is 0 Å². The molecule has 3 nitrogen and oxygen atoms in total. The SMILES string of the molecule is CN=[S@](=O)(CC(O)(c1ccc(C(F)(F)F)cc1)c1ccc(C(F)(F)F)cc1)c1ccccc1. The zero-order chi connectivity index (χ0) is 24.5.